The first kappa shape index (κ1) is 15.1. The number of hydrogen-bond donors (Lipinski definition) is 3. The molecule has 1 atom stereocenters. The number of aromatic nitrogens is 3. The second-order valence-electron chi connectivity index (χ2n) is 5.27. The average Bonchev–Trinajstić information content (AvgIpc) is 2.88. The van der Waals surface area contributed by atoms with Crippen LogP contribution >= 0.6 is 0 Å². The number of anilines is 1. The minimum atomic E-state index is -1.07. The van der Waals surface area contributed by atoms with Crippen LogP contribution in [0, 0.1) is 12.7 Å². The van der Waals surface area contributed by atoms with Gasteiger partial charge in [-0.3, -0.25) is 9.89 Å². The molecule has 3 aromatic rings. The van der Waals surface area contributed by atoms with E-state index in [1.165, 1.54) is 24.4 Å². The Morgan fingerprint density at radius 1 is 1.43 bits per heavy atom. The van der Waals surface area contributed by atoms with E-state index in [0.29, 0.717) is 16.9 Å². The zero-order valence-corrected chi connectivity index (χ0v) is 12.4. The van der Waals surface area contributed by atoms with Crippen molar-refractivity contribution >= 4 is 22.6 Å². The van der Waals surface area contributed by atoms with Crippen LogP contribution in [-0.4, -0.2) is 26.2 Å². The number of carbonyl (C=O) groups is 1. The Kier molecular flexibility index (Phi) is 4.03. The first-order chi connectivity index (χ1) is 11.0. The number of fused-ring (bicyclic) bond motifs is 1. The van der Waals surface area contributed by atoms with E-state index >= 15 is 0 Å². The van der Waals surface area contributed by atoms with Gasteiger partial charge in [-0.05, 0) is 30.7 Å². The summed E-state index contributed by atoms with van der Waals surface area (Å²) < 4.78 is 13.1. The van der Waals surface area contributed by atoms with Gasteiger partial charge in [-0.1, -0.05) is 12.1 Å². The number of amides is 1. The van der Waals surface area contributed by atoms with Crippen LogP contribution in [0.15, 0.2) is 36.5 Å². The molecule has 3 N–H and O–H groups in total. The molecule has 7 heteroatoms. The van der Waals surface area contributed by atoms with Crippen LogP contribution in [0.25, 0.3) is 11.0 Å². The Hall–Kier alpha value is -2.80. The molecule has 3 rings (SSSR count). The van der Waals surface area contributed by atoms with Gasteiger partial charge >= 0.3 is 0 Å². The third kappa shape index (κ3) is 3.35. The zero-order chi connectivity index (χ0) is 16.4. The smallest absolute Gasteiger partial charge is 0.227 e. The minimum Gasteiger partial charge on any atom is -0.388 e. The van der Waals surface area contributed by atoms with Gasteiger partial charge in [0.2, 0.25) is 5.91 Å². The fourth-order valence-electron chi connectivity index (χ4n) is 2.31. The SMILES string of the molecule is Cc1[nH]nc2ncc(NC(=O)CC(O)c3cccc(F)c3)cc12. The number of H-pyrrole nitrogens is 1. The zero-order valence-electron chi connectivity index (χ0n) is 12.4. The molecular weight excluding hydrogens is 299 g/mol. The number of halogens is 1. The quantitative estimate of drug-likeness (QED) is 0.690. The van der Waals surface area contributed by atoms with Gasteiger partial charge in [-0.15, -0.1) is 0 Å². The van der Waals surface area contributed by atoms with Gasteiger partial charge < -0.3 is 10.4 Å². The van der Waals surface area contributed by atoms with Crippen molar-refractivity contribution < 1.29 is 14.3 Å². The number of pyridine rings is 1. The van der Waals surface area contributed by atoms with Crippen molar-refractivity contribution in [2.75, 3.05) is 5.32 Å². The topological polar surface area (TPSA) is 90.9 Å². The highest BCUT2D eigenvalue weighted by atomic mass is 19.1. The summed E-state index contributed by atoms with van der Waals surface area (Å²) in [5, 5.41) is 20.3. The molecule has 2 heterocycles. The van der Waals surface area contributed by atoms with Crippen molar-refractivity contribution in [3.05, 3.63) is 53.6 Å². The molecule has 1 amide bonds. The predicted octanol–water partition coefficient (Wildman–Crippen LogP) is 2.47. The monoisotopic (exact) mass is 314 g/mol. The van der Waals surface area contributed by atoms with Gasteiger partial charge in [0.15, 0.2) is 5.65 Å². The Morgan fingerprint density at radius 3 is 3.04 bits per heavy atom. The van der Waals surface area contributed by atoms with Crippen LogP contribution < -0.4 is 5.32 Å². The molecule has 0 bridgehead atoms. The number of rotatable bonds is 4. The maximum absolute atomic E-state index is 13.1. The van der Waals surface area contributed by atoms with Crippen LogP contribution in [0.1, 0.15) is 23.8 Å². The normalized spacial score (nSPS) is 12.3. The molecular formula is C16H15FN4O2. The van der Waals surface area contributed by atoms with E-state index in [1.54, 1.807) is 12.1 Å². The minimum absolute atomic E-state index is 0.175. The van der Waals surface area contributed by atoms with Crippen molar-refractivity contribution in [2.45, 2.75) is 19.4 Å². The summed E-state index contributed by atoms with van der Waals surface area (Å²) in [6.45, 7) is 1.86. The Balaban J connectivity index is 1.69. The van der Waals surface area contributed by atoms with Gasteiger partial charge in [0.05, 0.1) is 24.4 Å². The molecule has 0 saturated heterocycles. The molecule has 0 fully saturated rings. The van der Waals surface area contributed by atoms with Gasteiger partial charge in [0.25, 0.3) is 0 Å². The number of aryl methyl sites for hydroxylation is 1. The summed E-state index contributed by atoms with van der Waals surface area (Å²) >= 11 is 0. The van der Waals surface area contributed by atoms with Gasteiger partial charge in [0, 0.05) is 11.1 Å². The molecule has 6 nitrogen and oxygen atoms in total. The van der Waals surface area contributed by atoms with E-state index in [2.05, 4.69) is 20.5 Å². The third-order valence-electron chi connectivity index (χ3n) is 3.50. The second kappa shape index (κ2) is 6.13. The maximum atomic E-state index is 13.1. The largest absolute Gasteiger partial charge is 0.388 e. The highest BCUT2D eigenvalue weighted by Crippen LogP contribution is 2.20. The molecule has 1 unspecified atom stereocenters. The fraction of sp³-hybridized carbons (Fsp3) is 0.188. The lowest BCUT2D eigenvalue weighted by Crippen LogP contribution is -2.15. The molecule has 0 radical (unpaired) electrons. The number of aromatic amines is 1. The molecule has 23 heavy (non-hydrogen) atoms. The van der Waals surface area contributed by atoms with Gasteiger partial charge in [-0.2, -0.15) is 5.10 Å². The van der Waals surface area contributed by atoms with E-state index in [-0.39, 0.29) is 12.3 Å². The van der Waals surface area contributed by atoms with Crippen LogP contribution in [0.2, 0.25) is 0 Å². The van der Waals surface area contributed by atoms with Crippen LogP contribution in [0.3, 0.4) is 0 Å². The summed E-state index contributed by atoms with van der Waals surface area (Å²) in [6, 6.07) is 7.31. The number of benzene rings is 1. The van der Waals surface area contributed by atoms with Crippen molar-refractivity contribution in [3.8, 4) is 0 Å². The van der Waals surface area contributed by atoms with E-state index in [4.69, 9.17) is 0 Å². The van der Waals surface area contributed by atoms with Crippen molar-refractivity contribution in [2.24, 2.45) is 0 Å². The van der Waals surface area contributed by atoms with E-state index < -0.39 is 11.9 Å². The molecule has 2 aromatic heterocycles. The van der Waals surface area contributed by atoms with Crippen LogP contribution in [0.4, 0.5) is 10.1 Å². The lowest BCUT2D eigenvalue weighted by Gasteiger charge is -2.11. The highest BCUT2D eigenvalue weighted by molar-refractivity contribution is 5.93. The lowest BCUT2D eigenvalue weighted by atomic mass is 10.1. The van der Waals surface area contributed by atoms with Crippen LogP contribution in [0.5, 0.6) is 0 Å². The molecule has 0 spiro atoms. The highest BCUT2D eigenvalue weighted by Gasteiger charge is 2.14. The third-order valence-corrected chi connectivity index (χ3v) is 3.50. The first-order valence-corrected chi connectivity index (χ1v) is 7.07. The summed E-state index contributed by atoms with van der Waals surface area (Å²) in [5.74, 6) is -0.837. The molecule has 0 aliphatic rings. The number of aliphatic hydroxyl groups excluding tert-OH is 1. The molecule has 118 valence electrons. The van der Waals surface area contributed by atoms with Crippen LogP contribution in [-0.2, 0) is 4.79 Å². The second-order valence-corrected chi connectivity index (χ2v) is 5.27. The molecule has 0 saturated carbocycles. The Morgan fingerprint density at radius 2 is 2.26 bits per heavy atom. The first-order valence-electron chi connectivity index (χ1n) is 7.07. The Bertz CT molecular complexity index is 862. The fourth-order valence-corrected chi connectivity index (χ4v) is 2.31. The van der Waals surface area contributed by atoms with Gasteiger partial charge in [-0.25, -0.2) is 9.37 Å². The Labute approximate surface area is 131 Å². The summed E-state index contributed by atoms with van der Waals surface area (Å²) in [5.41, 5.74) is 2.29. The summed E-state index contributed by atoms with van der Waals surface area (Å²) in [6.07, 6.45) is 0.249. The number of hydrogen-bond acceptors (Lipinski definition) is 4. The van der Waals surface area contributed by atoms with E-state index in [1.807, 2.05) is 6.92 Å². The number of aliphatic hydroxyl groups is 1. The van der Waals surface area contributed by atoms with Crippen molar-refractivity contribution in [3.63, 3.8) is 0 Å². The lowest BCUT2D eigenvalue weighted by molar-refractivity contribution is -0.118. The standard InChI is InChI=1S/C16H15FN4O2/c1-9-13-6-12(8-18-16(13)21-20-9)19-15(23)7-14(22)10-3-2-4-11(17)5-10/h2-6,8,14,22H,7H2,1H3,(H,19,23)(H,18,20,21). The molecule has 0 aliphatic carbocycles. The van der Waals surface area contributed by atoms with E-state index in [0.717, 1.165) is 11.1 Å². The predicted molar refractivity (Wildman–Crippen MR) is 83.2 cm³/mol. The van der Waals surface area contributed by atoms with Crippen molar-refractivity contribution in [1.82, 2.24) is 15.2 Å². The van der Waals surface area contributed by atoms with Crippen molar-refractivity contribution in [1.29, 1.82) is 0 Å². The van der Waals surface area contributed by atoms with Gasteiger partial charge in [0.1, 0.15) is 5.82 Å². The number of nitrogens with one attached hydrogen (secondary N) is 2. The van der Waals surface area contributed by atoms with E-state index in [9.17, 15) is 14.3 Å². The molecule has 0 aliphatic heterocycles. The maximum Gasteiger partial charge on any atom is 0.227 e. The average molecular weight is 314 g/mol. The summed E-state index contributed by atoms with van der Waals surface area (Å²) in [7, 11) is 0. The summed E-state index contributed by atoms with van der Waals surface area (Å²) in [4.78, 5) is 16.2. The number of carbonyl (C=O) groups excluding carboxylic acids is 1. The molecule has 1 aromatic carbocycles. The number of nitrogens with zero attached hydrogens (tertiary/aromatic N) is 2.